The maximum Gasteiger partial charge on any atom is 0.338 e. The molecule has 0 aliphatic heterocycles. The van der Waals surface area contributed by atoms with Crippen LogP contribution in [0.5, 0.6) is 0 Å². The Morgan fingerprint density at radius 3 is 2.47 bits per heavy atom. The molecule has 0 aliphatic rings. The summed E-state index contributed by atoms with van der Waals surface area (Å²) in [5.74, 6) is 1.02. The summed E-state index contributed by atoms with van der Waals surface area (Å²) in [6, 6.07) is 14.9. The highest BCUT2D eigenvalue weighted by molar-refractivity contribution is 5.94. The number of nitrogens with one attached hydrogen (secondary N) is 2. The van der Waals surface area contributed by atoms with Crippen molar-refractivity contribution in [3.63, 3.8) is 0 Å². The molecule has 0 saturated heterocycles. The number of esters is 1. The fourth-order valence-corrected chi connectivity index (χ4v) is 3.29. The molecule has 0 radical (unpaired) electrons. The summed E-state index contributed by atoms with van der Waals surface area (Å²) in [5, 5.41) is 14.8. The molecule has 0 atom stereocenters. The van der Waals surface area contributed by atoms with Crippen molar-refractivity contribution in [1.29, 1.82) is 0 Å². The highest BCUT2D eigenvalue weighted by Gasteiger charge is 2.13. The molecule has 1 heterocycles. The lowest BCUT2D eigenvalue weighted by Crippen LogP contribution is -2.15. The molecule has 8 nitrogen and oxygen atoms in total. The zero-order valence-electron chi connectivity index (χ0n) is 18.7. The zero-order valence-corrected chi connectivity index (χ0v) is 18.7. The molecule has 8 heteroatoms. The van der Waals surface area contributed by atoms with Crippen molar-refractivity contribution >= 4 is 23.3 Å². The Bertz CT molecular complexity index is 1060. The number of aryl methyl sites for hydroxylation is 2. The molecule has 2 N–H and O–H groups in total. The normalized spacial score (nSPS) is 10.6. The Morgan fingerprint density at radius 2 is 1.75 bits per heavy atom. The fourth-order valence-electron chi connectivity index (χ4n) is 3.29. The van der Waals surface area contributed by atoms with E-state index >= 15 is 0 Å². The molecule has 0 saturated carbocycles. The molecule has 3 aromatic rings. The van der Waals surface area contributed by atoms with Crippen LogP contribution in [0.2, 0.25) is 0 Å². The molecular formula is C24H29N5O3. The summed E-state index contributed by atoms with van der Waals surface area (Å²) >= 11 is 0. The molecule has 168 valence electrons. The summed E-state index contributed by atoms with van der Waals surface area (Å²) in [6.45, 7) is 7.41. The van der Waals surface area contributed by atoms with E-state index in [1.807, 2.05) is 23.6 Å². The molecule has 32 heavy (non-hydrogen) atoms. The van der Waals surface area contributed by atoms with Gasteiger partial charge in [-0.25, -0.2) is 4.79 Å². The molecular weight excluding hydrogens is 406 g/mol. The van der Waals surface area contributed by atoms with E-state index in [0.717, 1.165) is 23.9 Å². The zero-order chi connectivity index (χ0) is 22.9. The number of rotatable bonds is 10. The lowest BCUT2D eigenvalue weighted by Gasteiger charge is -2.10. The van der Waals surface area contributed by atoms with E-state index in [2.05, 4.69) is 39.9 Å². The number of carbonyl (C=O) groups is 2. The smallest absolute Gasteiger partial charge is 0.338 e. The quantitative estimate of drug-likeness (QED) is 0.468. The first-order chi connectivity index (χ1) is 15.5. The van der Waals surface area contributed by atoms with Gasteiger partial charge in [-0.15, -0.1) is 10.2 Å². The second kappa shape index (κ2) is 11.1. The second-order valence-electron chi connectivity index (χ2n) is 7.35. The third-order valence-electron chi connectivity index (χ3n) is 4.96. The third-order valence-corrected chi connectivity index (χ3v) is 4.96. The Balaban J connectivity index is 1.56. The summed E-state index contributed by atoms with van der Waals surface area (Å²) in [4.78, 5) is 24.3. The molecule has 0 fully saturated rings. The highest BCUT2D eigenvalue weighted by Crippen LogP contribution is 2.14. The summed E-state index contributed by atoms with van der Waals surface area (Å²) in [5.41, 5.74) is 3.19. The number of amides is 1. The van der Waals surface area contributed by atoms with Gasteiger partial charge in [-0.1, -0.05) is 23.8 Å². The van der Waals surface area contributed by atoms with E-state index in [4.69, 9.17) is 4.74 Å². The first kappa shape index (κ1) is 23.0. The monoisotopic (exact) mass is 435 g/mol. The summed E-state index contributed by atoms with van der Waals surface area (Å²) in [7, 11) is 0. The van der Waals surface area contributed by atoms with Crippen LogP contribution in [-0.2, 0) is 29.0 Å². The lowest BCUT2D eigenvalue weighted by atomic mass is 10.2. The van der Waals surface area contributed by atoms with Gasteiger partial charge in [-0.2, -0.15) is 0 Å². The van der Waals surface area contributed by atoms with Crippen LogP contribution in [-0.4, -0.2) is 33.2 Å². The van der Waals surface area contributed by atoms with Crippen molar-refractivity contribution < 1.29 is 14.3 Å². The molecule has 0 spiro atoms. The van der Waals surface area contributed by atoms with Crippen molar-refractivity contribution in [3.05, 3.63) is 71.3 Å². The number of ether oxygens (including phenoxy) is 1. The Morgan fingerprint density at radius 1 is 1.00 bits per heavy atom. The molecule has 0 aliphatic carbocycles. The van der Waals surface area contributed by atoms with E-state index in [1.165, 1.54) is 5.56 Å². The summed E-state index contributed by atoms with van der Waals surface area (Å²) < 4.78 is 7.02. The van der Waals surface area contributed by atoms with Gasteiger partial charge in [-0.3, -0.25) is 4.79 Å². The first-order valence-corrected chi connectivity index (χ1v) is 10.8. The van der Waals surface area contributed by atoms with Gasteiger partial charge in [0.05, 0.1) is 18.7 Å². The molecule has 2 aromatic carbocycles. The number of nitrogens with zero attached hydrogens (tertiary/aromatic N) is 3. The van der Waals surface area contributed by atoms with Gasteiger partial charge in [-0.05, 0) is 51.1 Å². The van der Waals surface area contributed by atoms with Gasteiger partial charge in [0.1, 0.15) is 5.82 Å². The van der Waals surface area contributed by atoms with Gasteiger partial charge in [0.2, 0.25) is 5.91 Å². The minimum atomic E-state index is -0.411. The van der Waals surface area contributed by atoms with Crippen LogP contribution in [0.25, 0.3) is 0 Å². The molecule has 1 amide bonds. The minimum Gasteiger partial charge on any atom is -0.462 e. The van der Waals surface area contributed by atoms with Gasteiger partial charge >= 0.3 is 5.97 Å². The van der Waals surface area contributed by atoms with Crippen LogP contribution in [0.1, 0.15) is 47.8 Å². The van der Waals surface area contributed by atoms with Gasteiger partial charge in [0.25, 0.3) is 0 Å². The number of aromatic nitrogens is 3. The van der Waals surface area contributed by atoms with Gasteiger partial charge in [0.15, 0.2) is 5.82 Å². The Hall–Kier alpha value is -3.68. The van der Waals surface area contributed by atoms with Crippen LogP contribution in [0.4, 0.5) is 11.4 Å². The molecule has 3 rings (SSSR count). The van der Waals surface area contributed by atoms with Gasteiger partial charge in [0, 0.05) is 30.8 Å². The maximum absolute atomic E-state index is 12.4. The van der Waals surface area contributed by atoms with E-state index in [9.17, 15) is 9.59 Å². The average Bonchev–Trinajstić information content (AvgIpc) is 3.19. The molecule has 0 unspecified atom stereocenters. The second-order valence-corrected chi connectivity index (χ2v) is 7.35. The highest BCUT2D eigenvalue weighted by atomic mass is 16.5. The molecule has 0 bridgehead atoms. The SMILES string of the molecule is CCOC(=O)c1cccc(NC(=O)CCc2nnc(CNc3ccc(C)cc3)n2CC)c1. The van der Waals surface area contributed by atoms with Gasteiger partial charge < -0.3 is 19.9 Å². The van der Waals surface area contributed by atoms with Crippen LogP contribution in [0, 0.1) is 6.92 Å². The Kier molecular flexibility index (Phi) is 7.96. The van der Waals surface area contributed by atoms with E-state index < -0.39 is 5.97 Å². The van der Waals surface area contributed by atoms with Crippen LogP contribution in [0.15, 0.2) is 48.5 Å². The topological polar surface area (TPSA) is 98.1 Å². The van der Waals surface area contributed by atoms with Crippen LogP contribution < -0.4 is 10.6 Å². The number of benzene rings is 2. The predicted octanol–water partition coefficient (Wildman–Crippen LogP) is 3.97. The Labute approximate surface area is 188 Å². The largest absolute Gasteiger partial charge is 0.462 e. The first-order valence-electron chi connectivity index (χ1n) is 10.8. The van der Waals surface area contributed by atoms with Crippen molar-refractivity contribution in [2.45, 2.75) is 46.7 Å². The average molecular weight is 436 g/mol. The number of carbonyl (C=O) groups excluding carboxylic acids is 2. The number of hydrogen-bond acceptors (Lipinski definition) is 6. The maximum atomic E-state index is 12.4. The number of anilines is 2. The van der Waals surface area contributed by atoms with Crippen molar-refractivity contribution in [1.82, 2.24) is 14.8 Å². The third kappa shape index (κ3) is 6.16. The fraction of sp³-hybridized carbons (Fsp3) is 0.333. The number of hydrogen-bond donors (Lipinski definition) is 2. The van der Waals surface area contributed by atoms with E-state index in [1.54, 1.807) is 31.2 Å². The van der Waals surface area contributed by atoms with E-state index in [-0.39, 0.29) is 12.3 Å². The van der Waals surface area contributed by atoms with E-state index in [0.29, 0.717) is 30.8 Å². The standard InChI is InChI=1S/C24H29N5O3/c1-4-29-21(27-28-22(29)16-25-19-11-9-17(3)10-12-19)13-14-23(30)26-20-8-6-7-18(15-20)24(31)32-5-2/h6-12,15,25H,4-5,13-14,16H2,1-3H3,(H,26,30). The summed E-state index contributed by atoms with van der Waals surface area (Å²) in [6.07, 6.45) is 0.724. The van der Waals surface area contributed by atoms with Crippen LogP contribution >= 0.6 is 0 Å². The molecule has 1 aromatic heterocycles. The minimum absolute atomic E-state index is 0.156. The van der Waals surface area contributed by atoms with Crippen molar-refractivity contribution in [2.24, 2.45) is 0 Å². The lowest BCUT2D eigenvalue weighted by molar-refractivity contribution is -0.116. The van der Waals surface area contributed by atoms with Crippen molar-refractivity contribution in [3.8, 4) is 0 Å². The predicted molar refractivity (Wildman–Crippen MR) is 124 cm³/mol. The van der Waals surface area contributed by atoms with Crippen molar-refractivity contribution in [2.75, 3.05) is 17.2 Å². The van der Waals surface area contributed by atoms with Crippen LogP contribution in [0.3, 0.4) is 0 Å².